The summed E-state index contributed by atoms with van der Waals surface area (Å²) in [4.78, 5) is 4.76. The van der Waals surface area contributed by atoms with Crippen molar-refractivity contribution in [2.75, 3.05) is 9.80 Å². The van der Waals surface area contributed by atoms with Gasteiger partial charge in [-0.1, -0.05) is 190 Å². The molecule has 0 bridgehead atoms. The van der Waals surface area contributed by atoms with E-state index in [9.17, 15) is 0 Å². The molecule has 0 unspecified atom stereocenters. The Kier molecular flexibility index (Phi) is 9.55. The van der Waals surface area contributed by atoms with E-state index < -0.39 is 0 Å². The normalized spacial score (nSPS) is 12.7. The second-order valence-electron chi connectivity index (χ2n) is 17.0. The van der Waals surface area contributed by atoms with E-state index >= 15 is 0 Å². The number of benzene rings is 10. The van der Waals surface area contributed by atoms with Crippen LogP contribution in [-0.4, -0.2) is 0 Å². The van der Waals surface area contributed by atoms with Crippen molar-refractivity contribution in [1.29, 1.82) is 0 Å². The summed E-state index contributed by atoms with van der Waals surface area (Å²) in [6.45, 7) is 4.73. The van der Waals surface area contributed by atoms with Crippen LogP contribution in [0.2, 0.25) is 0 Å². The molecule has 10 aromatic carbocycles. The van der Waals surface area contributed by atoms with E-state index in [0.717, 1.165) is 39.7 Å². The van der Waals surface area contributed by atoms with Gasteiger partial charge in [-0.05, 0) is 127 Å². The highest BCUT2D eigenvalue weighted by Gasteiger charge is 2.36. The number of nitrogens with zero attached hydrogens (tertiary/aromatic N) is 2. The third-order valence-electron chi connectivity index (χ3n) is 12.8. The Balaban J connectivity index is 0.915. The zero-order chi connectivity index (χ0) is 42.3. The highest BCUT2D eigenvalue weighted by molar-refractivity contribution is 6.14. The average Bonchev–Trinajstić information content (AvgIpc) is 3.57. The lowest BCUT2D eigenvalue weighted by Gasteiger charge is -2.28. The first-order chi connectivity index (χ1) is 31.0. The predicted octanol–water partition coefficient (Wildman–Crippen LogP) is 17.1. The summed E-state index contributed by atoms with van der Waals surface area (Å²) in [7, 11) is 0. The fourth-order valence-corrected chi connectivity index (χ4v) is 9.59. The highest BCUT2D eigenvalue weighted by Crippen LogP contribution is 2.51. The molecular weight excluding hydrogens is 761 g/mol. The van der Waals surface area contributed by atoms with Crippen LogP contribution in [0.3, 0.4) is 0 Å². The van der Waals surface area contributed by atoms with Gasteiger partial charge in [-0.15, -0.1) is 0 Å². The number of hydrogen-bond donors (Lipinski definition) is 0. The first kappa shape index (κ1) is 38.0. The molecule has 0 atom stereocenters. The van der Waals surface area contributed by atoms with Crippen molar-refractivity contribution in [2.24, 2.45) is 0 Å². The van der Waals surface area contributed by atoms with Gasteiger partial charge in [0.2, 0.25) is 0 Å². The number of hydrogen-bond acceptors (Lipinski definition) is 2. The van der Waals surface area contributed by atoms with Crippen molar-refractivity contribution < 1.29 is 0 Å². The van der Waals surface area contributed by atoms with Crippen LogP contribution in [0.1, 0.15) is 36.1 Å². The Bertz CT molecular complexity index is 3240. The highest BCUT2D eigenvalue weighted by atomic mass is 15.1. The second-order valence-corrected chi connectivity index (χ2v) is 17.0. The number of fused-ring (bicyclic) bond motifs is 6. The molecule has 0 radical (unpaired) electrons. The molecule has 2 nitrogen and oxygen atoms in total. The molecule has 0 spiro atoms. The molecule has 0 N–H and O–H groups in total. The Morgan fingerprint density at radius 3 is 1.46 bits per heavy atom. The molecule has 1 aliphatic rings. The molecular formula is C61H46N2. The van der Waals surface area contributed by atoms with E-state index in [1.807, 2.05) is 0 Å². The van der Waals surface area contributed by atoms with Gasteiger partial charge in [0, 0.05) is 39.2 Å². The van der Waals surface area contributed by atoms with Gasteiger partial charge in [0.15, 0.2) is 0 Å². The Hall–Kier alpha value is -7.94. The van der Waals surface area contributed by atoms with Crippen molar-refractivity contribution in [1.82, 2.24) is 0 Å². The van der Waals surface area contributed by atoms with Gasteiger partial charge in [0.25, 0.3) is 0 Å². The molecule has 0 aliphatic heterocycles. The molecule has 300 valence electrons. The van der Waals surface area contributed by atoms with E-state index in [2.05, 4.69) is 266 Å². The standard InChI is InChI=1S/C61H46N2/c1-61(2)58-40-44(30-38-55(58)56-39-37-52(42-59(56)61)62(48-19-8-4-9-20-48)49-21-10-5-11-22-49)27-26-43-28-33-50(34-29-43)63(51-35-31-46(32-36-51)45-16-6-3-7-17-45)60-41-47-18-12-13-23-53(47)54-24-14-15-25-57(54)60/h3-42H,1-2H3/b27-26+. The Morgan fingerprint density at radius 2 is 0.794 bits per heavy atom. The van der Waals surface area contributed by atoms with Crippen molar-refractivity contribution >= 4 is 67.8 Å². The lowest BCUT2D eigenvalue weighted by Crippen LogP contribution is -2.16. The molecule has 0 amide bonds. The SMILES string of the molecule is CC1(C)c2cc(/C=C/c3ccc(N(c4ccc(-c5ccccc5)cc4)c4cc5ccccc5c5ccccc45)cc3)ccc2-c2ccc(N(c3ccccc3)c3ccccc3)cc21. The smallest absolute Gasteiger partial charge is 0.0546 e. The second kappa shape index (κ2) is 15.8. The first-order valence-electron chi connectivity index (χ1n) is 21.8. The molecule has 0 heterocycles. The third-order valence-corrected chi connectivity index (χ3v) is 12.8. The van der Waals surface area contributed by atoms with E-state index in [4.69, 9.17) is 0 Å². The molecule has 10 aromatic rings. The maximum Gasteiger partial charge on any atom is 0.0546 e. The molecule has 2 heteroatoms. The zero-order valence-corrected chi connectivity index (χ0v) is 35.5. The van der Waals surface area contributed by atoms with Crippen LogP contribution < -0.4 is 9.80 Å². The van der Waals surface area contributed by atoms with Gasteiger partial charge in [0.05, 0.1) is 5.69 Å². The summed E-state index contributed by atoms with van der Waals surface area (Å²) in [5, 5.41) is 4.95. The summed E-state index contributed by atoms with van der Waals surface area (Å²) in [6.07, 6.45) is 4.49. The van der Waals surface area contributed by atoms with Crippen molar-refractivity contribution in [2.45, 2.75) is 19.3 Å². The van der Waals surface area contributed by atoms with Gasteiger partial charge in [-0.3, -0.25) is 0 Å². The van der Waals surface area contributed by atoms with Crippen LogP contribution in [0.5, 0.6) is 0 Å². The lowest BCUT2D eigenvalue weighted by molar-refractivity contribution is 0.660. The van der Waals surface area contributed by atoms with E-state index in [0.29, 0.717) is 0 Å². The fourth-order valence-electron chi connectivity index (χ4n) is 9.59. The molecule has 0 saturated heterocycles. The maximum absolute atomic E-state index is 2.40. The van der Waals surface area contributed by atoms with E-state index in [1.165, 1.54) is 60.5 Å². The van der Waals surface area contributed by atoms with Crippen LogP contribution in [0.4, 0.5) is 34.1 Å². The molecule has 1 aliphatic carbocycles. The van der Waals surface area contributed by atoms with Crippen LogP contribution >= 0.6 is 0 Å². The van der Waals surface area contributed by atoms with E-state index in [1.54, 1.807) is 0 Å². The molecule has 11 rings (SSSR count). The van der Waals surface area contributed by atoms with Gasteiger partial charge < -0.3 is 9.80 Å². The largest absolute Gasteiger partial charge is 0.310 e. The predicted molar refractivity (Wildman–Crippen MR) is 269 cm³/mol. The van der Waals surface area contributed by atoms with Gasteiger partial charge in [-0.2, -0.15) is 0 Å². The van der Waals surface area contributed by atoms with E-state index in [-0.39, 0.29) is 5.41 Å². The molecule has 63 heavy (non-hydrogen) atoms. The maximum atomic E-state index is 2.40. The minimum absolute atomic E-state index is 0.166. The van der Waals surface area contributed by atoms with Gasteiger partial charge in [-0.25, -0.2) is 0 Å². The van der Waals surface area contributed by atoms with Crippen molar-refractivity contribution in [3.05, 3.63) is 253 Å². The fraction of sp³-hybridized carbons (Fsp3) is 0.0492. The Morgan fingerprint density at radius 1 is 0.333 bits per heavy atom. The zero-order valence-electron chi connectivity index (χ0n) is 35.5. The lowest BCUT2D eigenvalue weighted by atomic mass is 9.81. The van der Waals surface area contributed by atoms with Crippen LogP contribution in [0.15, 0.2) is 231 Å². The van der Waals surface area contributed by atoms with Gasteiger partial charge in [0.1, 0.15) is 0 Å². The third kappa shape index (κ3) is 6.96. The minimum Gasteiger partial charge on any atom is -0.310 e. The topological polar surface area (TPSA) is 6.48 Å². The van der Waals surface area contributed by atoms with Crippen molar-refractivity contribution in [3.8, 4) is 22.3 Å². The monoisotopic (exact) mass is 806 g/mol. The number of rotatable bonds is 9. The Labute approximate surface area is 370 Å². The summed E-state index contributed by atoms with van der Waals surface area (Å²) < 4.78 is 0. The van der Waals surface area contributed by atoms with Gasteiger partial charge >= 0.3 is 0 Å². The average molecular weight is 807 g/mol. The quantitative estimate of drug-likeness (QED) is 0.106. The molecule has 0 aromatic heterocycles. The summed E-state index contributed by atoms with van der Waals surface area (Å²) >= 11 is 0. The van der Waals surface area contributed by atoms with Crippen LogP contribution in [0.25, 0.3) is 56.0 Å². The summed E-state index contributed by atoms with van der Waals surface area (Å²) in [6, 6.07) is 83.6. The van der Waals surface area contributed by atoms with Crippen molar-refractivity contribution in [3.63, 3.8) is 0 Å². The van der Waals surface area contributed by atoms with Crippen LogP contribution in [-0.2, 0) is 5.41 Å². The summed E-state index contributed by atoms with van der Waals surface area (Å²) in [5.41, 5.74) is 16.7. The van der Waals surface area contributed by atoms with Crippen LogP contribution in [0, 0.1) is 0 Å². The minimum atomic E-state index is -0.166. The number of anilines is 6. The molecule has 0 saturated carbocycles. The summed E-state index contributed by atoms with van der Waals surface area (Å²) in [5.74, 6) is 0. The number of para-hydroxylation sites is 2. The first-order valence-corrected chi connectivity index (χ1v) is 21.8. The molecule has 0 fully saturated rings.